The minimum atomic E-state index is -0.727. The van der Waals surface area contributed by atoms with Crippen LogP contribution in [0.15, 0.2) is 41.8 Å². The number of carbonyl (C=O) groups is 3. The summed E-state index contributed by atoms with van der Waals surface area (Å²) in [5.74, 6) is -1.40. The Morgan fingerprint density at radius 2 is 1.83 bits per heavy atom. The largest absolute Gasteiger partial charge is 0.350 e. The van der Waals surface area contributed by atoms with E-state index in [1.165, 1.54) is 28.4 Å². The first-order valence-corrected chi connectivity index (χ1v) is 10.3. The van der Waals surface area contributed by atoms with Crippen LogP contribution >= 0.6 is 11.3 Å². The number of rotatable bonds is 9. The van der Waals surface area contributed by atoms with Crippen LogP contribution in [0.4, 0.5) is 4.39 Å². The molecule has 1 unspecified atom stereocenters. The van der Waals surface area contributed by atoms with Crippen LogP contribution in [-0.2, 0) is 16.1 Å². The lowest BCUT2D eigenvalue weighted by molar-refractivity contribution is -0.138. The van der Waals surface area contributed by atoms with Gasteiger partial charge >= 0.3 is 0 Å². The number of nitrogens with zero attached hydrogens (tertiary/aromatic N) is 1. The third-order valence-electron chi connectivity index (χ3n) is 4.40. The molecule has 8 heteroatoms. The Morgan fingerprint density at radius 1 is 1.14 bits per heavy atom. The summed E-state index contributed by atoms with van der Waals surface area (Å²) < 4.78 is 13.0. The molecule has 1 atom stereocenters. The molecule has 1 heterocycles. The normalized spacial score (nSPS) is 11.8. The molecule has 1 aromatic heterocycles. The molecule has 0 saturated heterocycles. The number of thiophene rings is 1. The van der Waals surface area contributed by atoms with Gasteiger partial charge in [-0.15, -0.1) is 11.3 Å². The van der Waals surface area contributed by atoms with E-state index >= 15 is 0 Å². The maximum atomic E-state index is 13.0. The molecule has 0 aliphatic rings. The number of hydrogen-bond donors (Lipinski definition) is 2. The summed E-state index contributed by atoms with van der Waals surface area (Å²) in [4.78, 5) is 39.6. The molecule has 0 aliphatic carbocycles. The van der Waals surface area contributed by atoms with Crippen molar-refractivity contribution in [2.75, 3.05) is 13.1 Å². The predicted molar refractivity (Wildman–Crippen MR) is 111 cm³/mol. The summed E-state index contributed by atoms with van der Waals surface area (Å²) in [7, 11) is 0. The molecule has 1 aromatic carbocycles. The van der Waals surface area contributed by atoms with Crippen LogP contribution in [0.2, 0.25) is 0 Å². The zero-order chi connectivity index (χ0) is 21.4. The van der Waals surface area contributed by atoms with Crippen LogP contribution in [0.1, 0.15) is 36.0 Å². The lowest BCUT2D eigenvalue weighted by atomic mass is 10.0. The molecular formula is C21H26FN3O3S. The van der Waals surface area contributed by atoms with Crippen molar-refractivity contribution in [3.63, 3.8) is 0 Å². The first kappa shape index (κ1) is 22.5. The van der Waals surface area contributed by atoms with E-state index in [0.717, 1.165) is 5.56 Å². The summed E-state index contributed by atoms with van der Waals surface area (Å²) in [5.41, 5.74) is 0.761. The van der Waals surface area contributed by atoms with E-state index in [9.17, 15) is 18.8 Å². The Bertz CT molecular complexity index is 822. The number of likely N-dealkylation sites (N-methyl/N-ethyl adjacent to an activating group) is 1. The topological polar surface area (TPSA) is 78.5 Å². The summed E-state index contributed by atoms with van der Waals surface area (Å²) in [5, 5.41) is 7.31. The quantitative estimate of drug-likeness (QED) is 0.656. The van der Waals surface area contributed by atoms with Crippen LogP contribution in [0.5, 0.6) is 0 Å². The monoisotopic (exact) mass is 419 g/mol. The average Bonchev–Trinajstić information content (AvgIpc) is 3.24. The first-order chi connectivity index (χ1) is 13.8. The molecule has 0 bridgehead atoms. The zero-order valence-electron chi connectivity index (χ0n) is 16.8. The third kappa shape index (κ3) is 6.67. The number of benzene rings is 1. The van der Waals surface area contributed by atoms with Crippen LogP contribution in [0.25, 0.3) is 0 Å². The van der Waals surface area contributed by atoms with Crippen molar-refractivity contribution < 1.29 is 18.8 Å². The standard InChI is InChI=1S/C21H26FN3O3S/c1-4-25(13-18(26)23-12-15-7-9-16(22)10-8-15)21(28)19(14(2)3)24-20(27)17-6-5-11-29-17/h5-11,14,19H,4,12-13H2,1-3H3,(H,23,26)(H,24,27). The van der Waals surface area contributed by atoms with Gasteiger partial charge in [-0.3, -0.25) is 14.4 Å². The van der Waals surface area contributed by atoms with Crippen molar-refractivity contribution in [3.8, 4) is 0 Å². The van der Waals surface area contributed by atoms with E-state index in [2.05, 4.69) is 10.6 Å². The summed E-state index contributed by atoms with van der Waals surface area (Å²) in [6, 6.07) is 8.58. The highest BCUT2D eigenvalue weighted by atomic mass is 32.1. The predicted octanol–water partition coefficient (Wildman–Crippen LogP) is 2.81. The van der Waals surface area contributed by atoms with Gasteiger partial charge in [0.2, 0.25) is 11.8 Å². The van der Waals surface area contributed by atoms with Gasteiger partial charge in [0.25, 0.3) is 5.91 Å². The van der Waals surface area contributed by atoms with E-state index in [1.807, 2.05) is 13.8 Å². The molecule has 6 nitrogen and oxygen atoms in total. The second-order valence-corrected chi connectivity index (χ2v) is 7.88. The van der Waals surface area contributed by atoms with Gasteiger partial charge < -0.3 is 15.5 Å². The molecule has 3 amide bonds. The fourth-order valence-electron chi connectivity index (χ4n) is 2.71. The van der Waals surface area contributed by atoms with Crippen molar-refractivity contribution in [2.45, 2.75) is 33.4 Å². The Kier molecular flexibility index (Phi) is 8.33. The van der Waals surface area contributed by atoms with Crippen LogP contribution in [0, 0.1) is 11.7 Å². The van der Waals surface area contributed by atoms with Crippen LogP contribution < -0.4 is 10.6 Å². The van der Waals surface area contributed by atoms with Gasteiger partial charge in [0.05, 0.1) is 11.4 Å². The minimum Gasteiger partial charge on any atom is -0.350 e. The van der Waals surface area contributed by atoms with Crippen LogP contribution in [0.3, 0.4) is 0 Å². The molecule has 0 spiro atoms. The van der Waals surface area contributed by atoms with Crippen molar-refractivity contribution in [2.24, 2.45) is 5.92 Å². The number of hydrogen-bond acceptors (Lipinski definition) is 4. The van der Waals surface area contributed by atoms with Gasteiger partial charge in [-0.25, -0.2) is 4.39 Å². The van der Waals surface area contributed by atoms with E-state index in [4.69, 9.17) is 0 Å². The molecule has 2 rings (SSSR count). The smallest absolute Gasteiger partial charge is 0.262 e. The van der Waals surface area contributed by atoms with Crippen molar-refractivity contribution in [1.82, 2.24) is 15.5 Å². The second-order valence-electron chi connectivity index (χ2n) is 6.93. The SMILES string of the molecule is CCN(CC(=O)NCc1ccc(F)cc1)C(=O)C(NC(=O)c1cccs1)C(C)C. The number of amides is 3. The van der Waals surface area contributed by atoms with Crippen molar-refractivity contribution in [1.29, 1.82) is 0 Å². The fraction of sp³-hybridized carbons (Fsp3) is 0.381. The van der Waals surface area contributed by atoms with Gasteiger partial charge in [-0.2, -0.15) is 0 Å². The molecule has 0 radical (unpaired) electrons. The highest BCUT2D eigenvalue weighted by Crippen LogP contribution is 2.12. The van der Waals surface area contributed by atoms with Crippen molar-refractivity contribution >= 4 is 29.1 Å². The van der Waals surface area contributed by atoms with E-state index in [0.29, 0.717) is 11.4 Å². The Morgan fingerprint density at radius 3 is 2.38 bits per heavy atom. The summed E-state index contributed by atoms with van der Waals surface area (Å²) in [6.07, 6.45) is 0. The highest BCUT2D eigenvalue weighted by Gasteiger charge is 2.29. The fourth-order valence-corrected chi connectivity index (χ4v) is 3.33. The van der Waals surface area contributed by atoms with E-state index < -0.39 is 6.04 Å². The molecule has 0 fully saturated rings. The third-order valence-corrected chi connectivity index (χ3v) is 5.26. The Balaban J connectivity index is 1.95. The molecule has 156 valence electrons. The van der Waals surface area contributed by atoms with Gasteiger partial charge in [-0.05, 0) is 42.0 Å². The highest BCUT2D eigenvalue weighted by molar-refractivity contribution is 7.12. The summed E-state index contributed by atoms with van der Waals surface area (Å²) >= 11 is 1.30. The number of halogens is 1. The maximum absolute atomic E-state index is 13.0. The summed E-state index contributed by atoms with van der Waals surface area (Å²) in [6.45, 7) is 5.94. The van der Waals surface area contributed by atoms with Crippen molar-refractivity contribution in [3.05, 3.63) is 58.0 Å². The lowest BCUT2D eigenvalue weighted by Gasteiger charge is -2.28. The molecule has 2 N–H and O–H groups in total. The van der Waals surface area contributed by atoms with Gasteiger partial charge in [0.1, 0.15) is 11.9 Å². The number of nitrogens with one attached hydrogen (secondary N) is 2. The van der Waals surface area contributed by atoms with E-state index in [-0.39, 0.29) is 42.5 Å². The van der Waals surface area contributed by atoms with Gasteiger partial charge in [0, 0.05) is 13.1 Å². The van der Waals surface area contributed by atoms with Gasteiger partial charge in [0.15, 0.2) is 0 Å². The van der Waals surface area contributed by atoms with Gasteiger partial charge in [-0.1, -0.05) is 32.0 Å². The average molecular weight is 420 g/mol. The zero-order valence-corrected chi connectivity index (χ0v) is 17.6. The Hall–Kier alpha value is -2.74. The minimum absolute atomic E-state index is 0.116. The lowest BCUT2D eigenvalue weighted by Crippen LogP contribution is -2.53. The number of carbonyl (C=O) groups excluding carboxylic acids is 3. The molecular weight excluding hydrogens is 393 g/mol. The van der Waals surface area contributed by atoms with Crippen LogP contribution in [-0.4, -0.2) is 41.8 Å². The first-order valence-electron chi connectivity index (χ1n) is 9.46. The second kappa shape index (κ2) is 10.7. The maximum Gasteiger partial charge on any atom is 0.262 e. The molecule has 2 aromatic rings. The molecule has 0 saturated carbocycles. The Labute approximate surface area is 174 Å². The van der Waals surface area contributed by atoms with E-state index in [1.54, 1.807) is 36.6 Å². The molecule has 0 aliphatic heterocycles. The molecule has 29 heavy (non-hydrogen) atoms.